The van der Waals surface area contributed by atoms with Crippen molar-refractivity contribution in [3.8, 4) is 0 Å². The SMILES string of the molecule is CN(c1ccccc1)S(=O)(=O)c1csc(C(=O)NC[C@@H]2CCCO2)c1. The Hall–Kier alpha value is -1.90. The highest BCUT2D eigenvalue weighted by Crippen LogP contribution is 2.25. The average molecular weight is 380 g/mol. The molecule has 1 aliphatic heterocycles. The Morgan fingerprint density at radius 2 is 2.12 bits per heavy atom. The minimum absolute atomic E-state index is 0.0522. The van der Waals surface area contributed by atoms with Crippen LogP contribution in [0.1, 0.15) is 22.5 Å². The van der Waals surface area contributed by atoms with E-state index in [0.717, 1.165) is 30.8 Å². The van der Waals surface area contributed by atoms with Crippen LogP contribution < -0.4 is 9.62 Å². The highest BCUT2D eigenvalue weighted by atomic mass is 32.2. The average Bonchev–Trinajstić information content (AvgIpc) is 3.31. The molecule has 1 aromatic carbocycles. The van der Waals surface area contributed by atoms with Crippen molar-refractivity contribution in [3.05, 3.63) is 46.7 Å². The molecule has 0 radical (unpaired) electrons. The summed E-state index contributed by atoms with van der Waals surface area (Å²) in [7, 11) is -2.20. The number of hydrogen-bond donors (Lipinski definition) is 1. The van der Waals surface area contributed by atoms with E-state index in [9.17, 15) is 13.2 Å². The number of hydrogen-bond acceptors (Lipinski definition) is 5. The maximum atomic E-state index is 12.7. The van der Waals surface area contributed by atoms with Crippen LogP contribution in [0.4, 0.5) is 5.69 Å². The largest absolute Gasteiger partial charge is 0.376 e. The quantitative estimate of drug-likeness (QED) is 0.835. The molecule has 1 saturated heterocycles. The zero-order chi connectivity index (χ0) is 17.9. The van der Waals surface area contributed by atoms with Crippen LogP contribution in [0.2, 0.25) is 0 Å². The Morgan fingerprint density at radius 3 is 2.80 bits per heavy atom. The molecule has 2 heterocycles. The lowest BCUT2D eigenvalue weighted by molar-refractivity contribution is 0.0861. The Kier molecular flexibility index (Phi) is 5.41. The van der Waals surface area contributed by atoms with Gasteiger partial charge in [0.2, 0.25) is 0 Å². The molecule has 25 heavy (non-hydrogen) atoms. The normalized spacial score (nSPS) is 17.4. The molecule has 0 unspecified atom stereocenters. The van der Waals surface area contributed by atoms with Crippen LogP contribution in [0.3, 0.4) is 0 Å². The third kappa shape index (κ3) is 4.02. The van der Waals surface area contributed by atoms with Gasteiger partial charge >= 0.3 is 0 Å². The standard InChI is InChI=1S/C17H20N2O4S2/c1-19(13-6-3-2-4-7-13)25(21,22)15-10-16(24-12-15)17(20)18-11-14-8-5-9-23-14/h2-4,6-7,10,12,14H,5,8-9,11H2,1H3,(H,18,20)/t14-/m0/s1. The van der Waals surface area contributed by atoms with Gasteiger partial charge in [-0.15, -0.1) is 11.3 Å². The molecule has 6 nitrogen and oxygen atoms in total. The van der Waals surface area contributed by atoms with Crippen molar-refractivity contribution in [3.63, 3.8) is 0 Å². The van der Waals surface area contributed by atoms with E-state index in [2.05, 4.69) is 5.32 Å². The molecule has 2 aromatic rings. The van der Waals surface area contributed by atoms with Gasteiger partial charge in [0.25, 0.3) is 15.9 Å². The number of carbonyl (C=O) groups is 1. The molecule has 0 spiro atoms. The van der Waals surface area contributed by atoms with E-state index >= 15 is 0 Å². The number of amides is 1. The topological polar surface area (TPSA) is 75.7 Å². The summed E-state index contributed by atoms with van der Waals surface area (Å²) in [5.41, 5.74) is 0.568. The van der Waals surface area contributed by atoms with Crippen molar-refractivity contribution in [2.24, 2.45) is 0 Å². The first-order valence-corrected chi connectivity index (χ1v) is 10.3. The van der Waals surface area contributed by atoms with Crippen LogP contribution in [0.5, 0.6) is 0 Å². The predicted molar refractivity (Wildman–Crippen MR) is 97.7 cm³/mol. The third-order valence-corrected chi connectivity index (χ3v) is 6.93. The smallest absolute Gasteiger partial charge is 0.264 e. The second-order valence-corrected chi connectivity index (χ2v) is 8.68. The maximum Gasteiger partial charge on any atom is 0.264 e. The highest BCUT2D eigenvalue weighted by molar-refractivity contribution is 7.93. The molecule has 1 fully saturated rings. The van der Waals surface area contributed by atoms with Crippen LogP contribution in [-0.2, 0) is 14.8 Å². The molecule has 1 aromatic heterocycles. The van der Waals surface area contributed by atoms with Gasteiger partial charge in [0, 0.05) is 25.6 Å². The zero-order valence-electron chi connectivity index (χ0n) is 13.8. The fraction of sp³-hybridized carbons (Fsp3) is 0.353. The lowest BCUT2D eigenvalue weighted by atomic mass is 10.2. The number of thiophene rings is 1. The van der Waals surface area contributed by atoms with Gasteiger partial charge in [0.1, 0.15) is 0 Å². The summed E-state index contributed by atoms with van der Waals surface area (Å²) in [5, 5.41) is 4.30. The second-order valence-electron chi connectivity index (χ2n) is 5.80. The highest BCUT2D eigenvalue weighted by Gasteiger charge is 2.24. The molecule has 8 heteroatoms. The summed E-state index contributed by atoms with van der Waals surface area (Å²) in [6, 6.07) is 10.2. The summed E-state index contributed by atoms with van der Waals surface area (Å²) >= 11 is 1.12. The molecular weight excluding hydrogens is 360 g/mol. The lowest BCUT2D eigenvalue weighted by Gasteiger charge is -2.18. The molecular formula is C17H20N2O4S2. The Bertz CT molecular complexity index is 827. The lowest BCUT2D eigenvalue weighted by Crippen LogP contribution is -2.31. The molecule has 1 amide bonds. The van der Waals surface area contributed by atoms with Crippen LogP contribution in [0, 0.1) is 0 Å². The molecule has 1 atom stereocenters. The number of carbonyl (C=O) groups excluding carboxylic acids is 1. The summed E-state index contributed by atoms with van der Waals surface area (Å²) in [6.07, 6.45) is 2.00. The van der Waals surface area contributed by atoms with Gasteiger partial charge in [-0.05, 0) is 31.0 Å². The monoisotopic (exact) mass is 380 g/mol. The Labute approximate surface area is 151 Å². The van der Waals surface area contributed by atoms with Crippen molar-refractivity contribution in [2.75, 3.05) is 24.5 Å². The molecule has 0 bridgehead atoms. The fourth-order valence-corrected chi connectivity index (χ4v) is 4.98. The molecule has 1 aliphatic rings. The van der Waals surface area contributed by atoms with E-state index in [-0.39, 0.29) is 16.9 Å². The zero-order valence-corrected chi connectivity index (χ0v) is 15.5. The van der Waals surface area contributed by atoms with Gasteiger partial charge in [-0.25, -0.2) is 8.42 Å². The summed E-state index contributed by atoms with van der Waals surface area (Å²) < 4.78 is 32.1. The van der Waals surface area contributed by atoms with Crippen LogP contribution in [0.25, 0.3) is 0 Å². The van der Waals surface area contributed by atoms with Crippen molar-refractivity contribution in [1.82, 2.24) is 5.32 Å². The van der Waals surface area contributed by atoms with Crippen molar-refractivity contribution in [2.45, 2.75) is 23.8 Å². The van der Waals surface area contributed by atoms with Crippen molar-refractivity contribution < 1.29 is 17.9 Å². The number of sulfonamides is 1. The Morgan fingerprint density at radius 1 is 1.36 bits per heavy atom. The number of nitrogens with zero attached hydrogens (tertiary/aromatic N) is 1. The number of benzene rings is 1. The van der Waals surface area contributed by atoms with E-state index in [4.69, 9.17) is 4.74 Å². The first-order valence-electron chi connectivity index (χ1n) is 8.01. The van der Waals surface area contributed by atoms with Crippen molar-refractivity contribution in [1.29, 1.82) is 0 Å². The third-order valence-electron chi connectivity index (χ3n) is 4.09. The number of ether oxygens (including phenoxy) is 1. The fourth-order valence-electron chi connectivity index (χ4n) is 2.61. The van der Waals surface area contributed by atoms with E-state index in [0.29, 0.717) is 17.1 Å². The minimum atomic E-state index is -3.70. The summed E-state index contributed by atoms with van der Waals surface area (Å²) in [4.78, 5) is 12.7. The molecule has 3 rings (SSSR count). The van der Waals surface area contributed by atoms with E-state index in [1.807, 2.05) is 6.07 Å². The van der Waals surface area contributed by atoms with Gasteiger partial charge in [0.05, 0.1) is 21.6 Å². The van der Waals surface area contributed by atoms with Gasteiger partial charge in [-0.1, -0.05) is 18.2 Å². The van der Waals surface area contributed by atoms with Crippen molar-refractivity contribution >= 4 is 33.0 Å². The molecule has 0 saturated carbocycles. The molecule has 0 aliphatic carbocycles. The van der Waals surface area contributed by atoms with Gasteiger partial charge in [0.15, 0.2) is 0 Å². The van der Waals surface area contributed by atoms with Crippen LogP contribution in [-0.4, -0.2) is 40.6 Å². The first kappa shape index (κ1) is 17.9. The number of anilines is 1. The van der Waals surface area contributed by atoms with Crippen LogP contribution >= 0.6 is 11.3 Å². The number of rotatable bonds is 6. The summed E-state index contributed by atoms with van der Waals surface area (Å²) in [6.45, 7) is 1.18. The predicted octanol–water partition coefficient (Wildman–Crippen LogP) is 2.48. The second kappa shape index (κ2) is 7.55. The first-order chi connectivity index (χ1) is 12.0. The van der Waals surface area contributed by atoms with Crippen LogP contribution in [0.15, 0.2) is 46.7 Å². The maximum absolute atomic E-state index is 12.7. The number of nitrogens with one attached hydrogen (secondary N) is 1. The van der Waals surface area contributed by atoms with E-state index in [1.54, 1.807) is 24.3 Å². The van der Waals surface area contributed by atoms with Gasteiger partial charge in [-0.3, -0.25) is 9.10 Å². The molecule has 134 valence electrons. The van der Waals surface area contributed by atoms with E-state index in [1.165, 1.54) is 22.8 Å². The Balaban J connectivity index is 1.70. The summed E-state index contributed by atoms with van der Waals surface area (Å²) in [5.74, 6) is -0.274. The number of para-hydroxylation sites is 1. The molecule has 1 N–H and O–H groups in total. The van der Waals surface area contributed by atoms with Gasteiger partial charge in [-0.2, -0.15) is 0 Å². The minimum Gasteiger partial charge on any atom is -0.376 e. The van der Waals surface area contributed by atoms with E-state index < -0.39 is 10.0 Å². The van der Waals surface area contributed by atoms with Gasteiger partial charge < -0.3 is 10.1 Å².